The molecule has 0 radical (unpaired) electrons. The molecule has 0 unspecified atom stereocenters. The predicted molar refractivity (Wildman–Crippen MR) is 231 cm³/mol. The first-order valence-electron chi connectivity index (χ1n) is 18.3. The van der Waals surface area contributed by atoms with E-state index in [0.717, 1.165) is 65.0 Å². The van der Waals surface area contributed by atoms with Crippen LogP contribution in [0.3, 0.4) is 0 Å². The van der Waals surface area contributed by atoms with E-state index in [2.05, 4.69) is 91.0 Å². The Morgan fingerprint density at radius 1 is 0.554 bits per heavy atom. The van der Waals surface area contributed by atoms with Crippen LogP contribution in [0.2, 0.25) is 0 Å². The highest BCUT2D eigenvalue weighted by Gasteiger charge is 2.24. The average Bonchev–Trinajstić information content (AvgIpc) is 3.80. The maximum absolute atomic E-state index is 6.11. The first kappa shape index (κ1) is 38.1. The molecular weight excluding hydrogens is 743 g/mol. The van der Waals surface area contributed by atoms with Gasteiger partial charge >= 0.3 is 0 Å². The molecule has 0 saturated carbocycles. The molecule has 286 valence electrons. The molecule has 0 fully saturated rings. The fraction of sp³-hybridized carbons (Fsp3) is 0.178. The van der Waals surface area contributed by atoms with Gasteiger partial charge in [0.2, 0.25) is 0 Å². The molecule has 3 aromatic carbocycles. The second kappa shape index (κ2) is 19.4. The molecule has 0 spiro atoms. The zero-order valence-corrected chi connectivity index (χ0v) is 32.6. The van der Waals surface area contributed by atoms with Crippen molar-refractivity contribution >= 4 is 70.6 Å². The van der Waals surface area contributed by atoms with Crippen molar-refractivity contribution < 1.29 is 28.4 Å². The number of ether oxygens (including phenoxy) is 6. The smallest absolute Gasteiger partial charge is 0.181 e. The van der Waals surface area contributed by atoms with Gasteiger partial charge in [0.1, 0.15) is 39.6 Å². The van der Waals surface area contributed by atoms with Crippen LogP contribution in [0.4, 0.5) is 11.4 Å². The van der Waals surface area contributed by atoms with Crippen molar-refractivity contribution in [2.45, 2.75) is 0 Å². The zero-order chi connectivity index (χ0) is 38.4. The summed E-state index contributed by atoms with van der Waals surface area (Å²) >= 11 is 3.22. The van der Waals surface area contributed by atoms with Gasteiger partial charge in [0.25, 0.3) is 0 Å². The molecule has 9 nitrogen and oxygen atoms in total. The van der Waals surface area contributed by atoms with E-state index >= 15 is 0 Å². The molecule has 0 saturated heterocycles. The molecule has 7 rings (SSSR count). The lowest BCUT2D eigenvalue weighted by Crippen LogP contribution is -2.21. The standard InChI is InChI=1S/C45H43N3O6S2/c1-3-49-27-25-47(36-11-7-5-8-12-36)24-23-40-44-42(51-29-30-53-44)38(55-40)21-19-34-15-17-35(18-16-34)20-22-39-43-45(54-32-31-52-43)41(56-39)33-46-48(26-28-50-4-2)37-13-9-6-10-14-37/h3-24,33H,1-2,25-32H2/b21-19+,22-20+,24-23+,46-33+. The monoisotopic (exact) mass is 785 g/mol. The number of rotatable bonds is 18. The quantitative estimate of drug-likeness (QED) is 0.0376. The molecule has 11 heteroatoms. The van der Waals surface area contributed by atoms with Gasteiger partial charge in [-0.05, 0) is 53.6 Å². The molecule has 0 N–H and O–H groups in total. The minimum Gasteiger partial charge on any atom is -0.500 e. The van der Waals surface area contributed by atoms with Gasteiger partial charge in [-0.25, -0.2) is 0 Å². The number of hydrogen-bond acceptors (Lipinski definition) is 11. The topological polar surface area (TPSA) is 74.2 Å². The van der Waals surface area contributed by atoms with Gasteiger partial charge in [-0.15, -0.1) is 22.7 Å². The SMILES string of the molecule is C=COCCN(/C=C/c1sc(/C=C/c2ccc(/C=C/c3sc(/C=N/N(CCOC=C)c4ccccc4)c4c3OCCO4)cc2)c2c1OCCO2)c1ccccc1. The first-order valence-corrected chi connectivity index (χ1v) is 20.0. The fourth-order valence-corrected chi connectivity index (χ4v) is 7.92. The molecule has 2 aliphatic heterocycles. The number of hydrogen-bond donors (Lipinski definition) is 0. The van der Waals surface area contributed by atoms with Crippen LogP contribution < -0.4 is 28.9 Å². The molecular formula is C45H43N3O6S2. The Hall–Kier alpha value is -6.17. The molecule has 0 aliphatic carbocycles. The predicted octanol–water partition coefficient (Wildman–Crippen LogP) is 10.3. The van der Waals surface area contributed by atoms with E-state index in [1.54, 1.807) is 22.7 Å². The van der Waals surface area contributed by atoms with Crippen LogP contribution in [-0.2, 0) is 9.47 Å². The van der Waals surface area contributed by atoms with Gasteiger partial charge < -0.3 is 33.3 Å². The number of benzene rings is 3. The number of thiophene rings is 2. The highest BCUT2D eigenvalue weighted by molar-refractivity contribution is 7.15. The normalized spacial score (nSPS) is 13.4. The van der Waals surface area contributed by atoms with E-state index in [9.17, 15) is 0 Å². The second-order valence-corrected chi connectivity index (χ2v) is 14.5. The van der Waals surface area contributed by atoms with Crippen LogP contribution in [-0.4, -0.2) is 58.9 Å². The van der Waals surface area contributed by atoms with Crippen molar-refractivity contribution in [2.75, 3.05) is 62.6 Å². The van der Waals surface area contributed by atoms with Crippen molar-refractivity contribution in [3.63, 3.8) is 0 Å². The summed E-state index contributed by atoms with van der Waals surface area (Å²) in [6.45, 7) is 11.5. The van der Waals surface area contributed by atoms with Gasteiger partial charge in [0, 0.05) is 11.9 Å². The molecule has 5 aromatic rings. The number of anilines is 2. The Labute approximate surface area is 335 Å². The Bertz CT molecular complexity index is 2020. The molecule has 0 bridgehead atoms. The van der Waals surface area contributed by atoms with Crippen LogP contribution in [0, 0.1) is 0 Å². The molecule has 0 amide bonds. The Balaban J connectivity index is 1.05. The number of para-hydroxylation sites is 2. The number of nitrogens with zero attached hydrogens (tertiary/aromatic N) is 3. The molecule has 2 aliphatic rings. The van der Waals surface area contributed by atoms with Gasteiger partial charge in [0.15, 0.2) is 23.0 Å². The highest BCUT2D eigenvalue weighted by Crippen LogP contribution is 2.46. The summed E-state index contributed by atoms with van der Waals surface area (Å²) < 4.78 is 35.2. The Kier molecular flexibility index (Phi) is 13.2. The third-order valence-electron chi connectivity index (χ3n) is 8.66. The molecule has 2 aromatic heterocycles. The summed E-state index contributed by atoms with van der Waals surface area (Å²) in [6.07, 6.45) is 17.2. The maximum Gasteiger partial charge on any atom is 0.181 e. The van der Waals surface area contributed by atoms with Gasteiger partial charge in [-0.2, -0.15) is 5.10 Å². The summed E-state index contributed by atoms with van der Waals surface area (Å²) in [5, 5.41) is 6.70. The molecule has 0 atom stereocenters. The van der Waals surface area contributed by atoms with Crippen molar-refractivity contribution in [3.8, 4) is 23.0 Å². The lowest BCUT2D eigenvalue weighted by molar-refractivity contribution is 0.173. The van der Waals surface area contributed by atoms with Gasteiger partial charge in [-0.1, -0.05) is 86.0 Å². The minimum atomic E-state index is 0.459. The summed E-state index contributed by atoms with van der Waals surface area (Å²) in [5.41, 5.74) is 4.17. The summed E-state index contributed by atoms with van der Waals surface area (Å²) in [6, 6.07) is 28.6. The fourth-order valence-electron chi connectivity index (χ4n) is 5.97. The van der Waals surface area contributed by atoms with Crippen LogP contribution in [0.15, 0.2) is 122 Å². The Morgan fingerprint density at radius 2 is 1.02 bits per heavy atom. The summed E-state index contributed by atoms with van der Waals surface area (Å²) in [7, 11) is 0. The van der Waals surface area contributed by atoms with Crippen molar-refractivity contribution in [1.29, 1.82) is 0 Å². The second-order valence-electron chi connectivity index (χ2n) is 12.3. The maximum atomic E-state index is 6.11. The van der Waals surface area contributed by atoms with E-state index in [0.29, 0.717) is 52.7 Å². The first-order chi connectivity index (χ1) is 27.7. The number of hydrazone groups is 1. The van der Waals surface area contributed by atoms with Crippen molar-refractivity contribution in [3.05, 3.63) is 147 Å². The lowest BCUT2D eigenvalue weighted by Gasteiger charge is -2.20. The largest absolute Gasteiger partial charge is 0.500 e. The highest BCUT2D eigenvalue weighted by atomic mass is 32.1. The average molecular weight is 786 g/mol. The van der Waals surface area contributed by atoms with Crippen LogP contribution in [0.25, 0.3) is 30.4 Å². The molecule has 56 heavy (non-hydrogen) atoms. The lowest BCUT2D eigenvalue weighted by atomic mass is 10.1. The summed E-state index contributed by atoms with van der Waals surface area (Å²) in [4.78, 5) is 6.01. The van der Waals surface area contributed by atoms with E-state index < -0.39 is 0 Å². The van der Waals surface area contributed by atoms with E-state index in [1.165, 1.54) is 12.5 Å². The third kappa shape index (κ3) is 9.73. The van der Waals surface area contributed by atoms with Gasteiger partial charge in [-0.3, -0.25) is 5.01 Å². The van der Waals surface area contributed by atoms with Crippen LogP contribution in [0.1, 0.15) is 30.6 Å². The Morgan fingerprint density at radius 3 is 1.55 bits per heavy atom. The van der Waals surface area contributed by atoms with Crippen LogP contribution in [0.5, 0.6) is 23.0 Å². The minimum absolute atomic E-state index is 0.459. The summed E-state index contributed by atoms with van der Waals surface area (Å²) in [5.74, 6) is 3.02. The van der Waals surface area contributed by atoms with Crippen LogP contribution >= 0.6 is 22.7 Å². The van der Waals surface area contributed by atoms with E-state index in [4.69, 9.17) is 33.5 Å². The van der Waals surface area contributed by atoms with Crippen molar-refractivity contribution in [1.82, 2.24) is 0 Å². The zero-order valence-electron chi connectivity index (χ0n) is 31.0. The van der Waals surface area contributed by atoms with E-state index in [1.807, 2.05) is 59.8 Å². The van der Waals surface area contributed by atoms with Gasteiger partial charge in [0.05, 0.1) is 57.0 Å². The molecule has 4 heterocycles. The third-order valence-corrected chi connectivity index (χ3v) is 10.8. The van der Waals surface area contributed by atoms with E-state index in [-0.39, 0.29) is 0 Å². The number of fused-ring (bicyclic) bond motifs is 2. The van der Waals surface area contributed by atoms with Crippen molar-refractivity contribution in [2.24, 2.45) is 5.10 Å².